The molecule has 0 radical (unpaired) electrons. The lowest BCUT2D eigenvalue weighted by atomic mass is 10.1. The topological polar surface area (TPSA) is 84.7 Å². The van der Waals surface area contributed by atoms with Gasteiger partial charge in [-0.1, -0.05) is 29.8 Å². The van der Waals surface area contributed by atoms with Gasteiger partial charge >= 0.3 is 0 Å². The second-order valence-corrected chi connectivity index (χ2v) is 6.10. The Morgan fingerprint density at radius 1 is 1.08 bits per heavy atom. The third kappa shape index (κ3) is 6.12. The predicted octanol–water partition coefficient (Wildman–Crippen LogP) is 2.00. The fourth-order valence-electron chi connectivity index (χ4n) is 2.47. The van der Waals surface area contributed by atoms with Crippen LogP contribution in [0.15, 0.2) is 48.5 Å². The summed E-state index contributed by atoms with van der Waals surface area (Å²) in [5, 5.41) is 2.91. The van der Waals surface area contributed by atoms with Gasteiger partial charge in [-0.2, -0.15) is 0 Å². The Labute approximate surface area is 153 Å². The van der Waals surface area contributed by atoms with Crippen molar-refractivity contribution in [1.29, 1.82) is 0 Å². The van der Waals surface area contributed by atoms with Crippen LogP contribution in [0.25, 0.3) is 0 Å². The molecule has 0 saturated heterocycles. The van der Waals surface area contributed by atoms with E-state index in [-0.39, 0.29) is 18.9 Å². The Balaban J connectivity index is 1.98. The lowest BCUT2D eigenvalue weighted by molar-refractivity contribution is -0.120. The Bertz CT molecular complexity index is 727. The zero-order valence-electron chi connectivity index (χ0n) is 15.2. The lowest BCUT2D eigenvalue weighted by Crippen LogP contribution is -2.38. The molecule has 2 aromatic carbocycles. The van der Waals surface area contributed by atoms with Crippen LogP contribution in [0.3, 0.4) is 0 Å². The summed E-state index contributed by atoms with van der Waals surface area (Å²) < 4.78 is 5.15. The molecule has 0 unspecified atom stereocenters. The maximum Gasteiger partial charge on any atom is 0.239 e. The van der Waals surface area contributed by atoms with Gasteiger partial charge in [-0.25, -0.2) is 0 Å². The van der Waals surface area contributed by atoms with Crippen LogP contribution in [0, 0.1) is 6.92 Å². The summed E-state index contributed by atoms with van der Waals surface area (Å²) in [7, 11) is 1.60. The molecule has 2 amide bonds. The number of ether oxygens (including phenoxy) is 1. The Kier molecular flexibility index (Phi) is 7.02. The number of amides is 2. The number of aryl methyl sites for hydroxylation is 1. The number of hydrogen-bond donors (Lipinski definition) is 2. The molecule has 0 aliphatic rings. The Morgan fingerprint density at radius 2 is 1.73 bits per heavy atom. The van der Waals surface area contributed by atoms with Crippen molar-refractivity contribution in [1.82, 2.24) is 5.32 Å². The summed E-state index contributed by atoms with van der Waals surface area (Å²) in [6.07, 6.45) is 0.178. The number of methoxy groups -OCH3 is 1. The molecule has 6 heteroatoms. The molecule has 3 N–H and O–H groups in total. The smallest absolute Gasteiger partial charge is 0.239 e. The number of benzene rings is 2. The Morgan fingerprint density at radius 3 is 2.31 bits per heavy atom. The first-order valence-electron chi connectivity index (χ1n) is 8.47. The van der Waals surface area contributed by atoms with E-state index in [1.807, 2.05) is 60.4 Å². The molecule has 0 fully saturated rings. The summed E-state index contributed by atoms with van der Waals surface area (Å²) in [6, 6.07) is 15.3. The highest BCUT2D eigenvalue weighted by atomic mass is 16.5. The number of primary amides is 1. The van der Waals surface area contributed by atoms with Crippen LogP contribution in [0.4, 0.5) is 5.69 Å². The monoisotopic (exact) mass is 355 g/mol. The molecule has 0 spiro atoms. The van der Waals surface area contributed by atoms with Crippen molar-refractivity contribution < 1.29 is 14.3 Å². The van der Waals surface area contributed by atoms with Crippen LogP contribution >= 0.6 is 0 Å². The van der Waals surface area contributed by atoms with E-state index < -0.39 is 5.91 Å². The van der Waals surface area contributed by atoms with Crippen molar-refractivity contribution in [3.63, 3.8) is 0 Å². The SMILES string of the molecule is COc1ccc(N(CCC(N)=O)CC(=O)NCc2ccc(C)cc2)cc1. The number of carbonyl (C=O) groups is 2. The number of rotatable bonds is 9. The van der Waals surface area contributed by atoms with Gasteiger partial charge in [0.2, 0.25) is 11.8 Å². The lowest BCUT2D eigenvalue weighted by Gasteiger charge is -2.24. The zero-order chi connectivity index (χ0) is 18.9. The molecular weight excluding hydrogens is 330 g/mol. The van der Waals surface area contributed by atoms with Crippen molar-refractivity contribution in [2.75, 3.05) is 25.1 Å². The van der Waals surface area contributed by atoms with Gasteiger partial charge in [-0.05, 0) is 36.8 Å². The fourth-order valence-corrected chi connectivity index (χ4v) is 2.47. The molecule has 26 heavy (non-hydrogen) atoms. The van der Waals surface area contributed by atoms with E-state index in [0.29, 0.717) is 13.1 Å². The first kappa shape index (κ1) is 19.3. The summed E-state index contributed by atoms with van der Waals surface area (Å²) in [4.78, 5) is 25.3. The van der Waals surface area contributed by atoms with Crippen LogP contribution in [0.5, 0.6) is 5.75 Å². The van der Waals surface area contributed by atoms with Crippen molar-refractivity contribution in [3.05, 3.63) is 59.7 Å². The minimum atomic E-state index is -0.399. The molecule has 0 heterocycles. The van der Waals surface area contributed by atoms with E-state index in [4.69, 9.17) is 10.5 Å². The Hall–Kier alpha value is -3.02. The molecule has 0 bridgehead atoms. The van der Waals surface area contributed by atoms with Crippen molar-refractivity contribution in [2.45, 2.75) is 19.9 Å². The third-order valence-corrected chi connectivity index (χ3v) is 4.01. The van der Waals surface area contributed by atoms with E-state index in [1.165, 1.54) is 5.56 Å². The molecule has 0 saturated carbocycles. The molecule has 0 aliphatic heterocycles. The molecule has 138 valence electrons. The van der Waals surface area contributed by atoms with Crippen LogP contribution in [0.2, 0.25) is 0 Å². The summed E-state index contributed by atoms with van der Waals surface area (Å²) in [5.74, 6) is 0.210. The van der Waals surface area contributed by atoms with Crippen molar-refractivity contribution in [3.8, 4) is 5.75 Å². The van der Waals surface area contributed by atoms with E-state index in [2.05, 4.69) is 5.32 Å². The number of nitrogens with one attached hydrogen (secondary N) is 1. The number of nitrogens with two attached hydrogens (primary N) is 1. The predicted molar refractivity (Wildman–Crippen MR) is 102 cm³/mol. The first-order chi connectivity index (χ1) is 12.5. The number of anilines is 1. The van der Waals surface area contributed by atoms with E-state index >= 15 is 0 Å². The van der Waals surface area contributed by atoms with E-state index in [0.717, 1.165) is 17.0 Å². The van der Waals surface area contributed by atoms with Gasteiger partial charge in [-0.3, -0.25) is 9.59 Å². The molecule has 2 aromatic rings. The number of hydrogen-bond acceptors (Lipinski definition) is 4. The van der Waals surface area contributed by atoms with Crippen molar-refractivity contribution >= 4 is 17.5 Å². The molecule has 0 aromatic heterocycles. The van der Waals surface area contributed by atoms with Gasteiger partial charge in [-0.15, -0.1) is 0 Å². The average molecular weight is 355 g/mol. The van der Waals surface area contributed by atoms with Gasteiger partial charge in [0.1, 0.15) is 5.75 Å². The van der Waals surface area contributed by atoms with Gasteiger partial charge < -0.3 is 20.7 Å². The normalized spacial score (nSPS) is 10.2. The van der Waals surface area contributed by atoms with E-state index in [9.17, 15) is 9.59 Å². The fraction of sp³-hybridized carbons (Fsp3) is 0.300. The van der Waals surface area contributed by atoms with Crippen molar-refractivity contribution in [2.24, 2.45) is 5.73 Å². The minimum absolute atomic E-state index is 0.120. The quantitative estimate of drug-likeness (QED) is 0.720. The standard InChI is InChI=1S/C20H25N3O3/c1-15-3-5-16(6-4-15)13-22-20(25)14-23(12-11-19(21)24)17-7-9-18(26-2)10-8-17/h3-10H,11-14H2,1-2H3,(H2,21,24)(H,22,25). The molecular formula is C20H25N3O3. The average Bonchev–Trinajstić information content (AvgIpc) is 2.64. The minimum Gasteiger partial charge on any atom is -0.497 e. The maximum absolute atomic E-state index is 12.3. The largest absolute Gasteiger partial charge is 0.497 e. The van der Waals surface area contributed by atoms with Gasteiger partial charge in [0, 0.05) is 25.2 Å². The zero-order valence-corrected chi connectivity index (χ0v) is 15.2. The molecule has 2 rings (SSSR count). The molecule has 6 nitrogen and oxygen atoms in total. The third-order valence-electron chi connectivity index (χ3n) is 4.01. The van der Waals surface area contributed by atoms with Crippen LogP contribution in [-0.2, 0) is 16.1 Å². The number of carbonyl (C=O) groups excluding carboxylic acids is 2. The molecule has 0 aliphatic carbocycles. The highest BCUT2D eigenvalue weighted by Gasteiger charge is 2.13. The van der Waals surface area contributed by atoms with Crippen LogP contribution in [-0.4, -0.2) is 32.0 Å². The van der Waals surface area contributed by atoms with Crippen LogP contribution < -0.4 is 20.7 Å². The second-order valence-electron chi connectivity index (χ2n) is 6.10. The highest BCUT2D eigenvalue weighted by Crippen LogP contribution is 2.19. The number of nitrogens with zero attached hydrogens (tertiary/aromatic N) is 1. The second kappa shape index (κ2) is 9.46. The summed E-state index contributed by atoms with van der Waals surface area (Å²) in [6.45, 7) is 3.00. The van der Waals surface area contributed by atoms with Gasteiger partial charge in [0.15, 0.2) is 0 Å². The summed E-state index contributed by atoms with van der Waals surface area (Å²) >= 11 is 0. The summed E-state index contributed by atoms with van der Waals surface area (Å²) in [5.41, 5.74) is 8.30. The molecule has 0 atom stereocenters. The van der Waals surface area contributed by atoms with Crippen LogP contribution in [0.1, 0.15) is 17.5 Å². The maximum atomic E-state index is 12.3. The van der Waals surface area contributed by atoms with Gasteiger partial charge in [0.25, 0.3) is 0 Å². The highest BCUT2D eigenvalue weighted by molar-refractivity contribution is 5.82. The van der Waals surface area contributed by atoms with Gasteiger partial charge in [0.05, 0.1) is 13.7 Å². The van der Waals surface area contributed by atoms with E-state index in [1.54, 1.807) is 7.11 Å². The first-order valence-corrected chi connectivity index (χ1v) is 8.47.